The number of rotatable bonds is 5. The highest BCUT2D eigenvalue weighted by Crippen LogP contribution is 2.33. The van der Waals surface area contributed by atoms with Gasteiger partial charge in [-0.15, -0.1) is 0 Å². The van der Waals surface area contributed by atoms with E-state index >= 15 is 0 Å². The summed E-state index contributed by atoms with van der Waals surface area (Å²) in [5.74, 6) is -2.17. The van der Waals surface area contributed by atoms with Crippen molar-refractivity contribution in [3.05, 3.63) is 34.9 Å². The van der Waals surface area contributed by atoms with Gasteiger partial charge in [0, 0.05) is 33.2 Å². The Labute approximate surface area is 125 Å². The zero-order chi connectivity index (χ0) is 16.4. The Hall–Kier alpha value is -1.77. The SMILES string of the molecule is COC(OC)c1c(F)cc(C(O)C2CN(C(=O)O)C2)cc1F. The zero-order valence-electron chi connectivity index (χ0n) is 12.1. The molecule has 1 aromatic carbocycles. The van der Waals surface area contributed by atoms with E-state index in [9.17, 15) is 18.7 Å². The van der Waals surface area contributed by atoms with E-state index in [0.29, 0.717) is 0 Å². The molecule has 1 atom stereocenters. The van der Waals surface area contributed by atoms with Crippen LogP contribution in [0.15, 0.2) is 12.1 Å². The monoisotopic (exact) mass is 317 g/mol. The lowest BCUT2D eigenvalue weighted by atomic mass is 9.89. The molecule has 1 aromatic rings. The number of hydrogen-bond donors (Lipinski definition) is 2. The maximum absolute atomic E-state index is 14.1. The lowest BCUT2D eigenvalue weighted by Crippen LogP contribution is -2.51. The highest BCUT2D eigenvalue weighted by atomic mass is 19.1. The first-order valence-corrected chi connectivity index (χ1v) is 6.59. The summed E-state index contributed by atoms with van der Waals surface area (Å²) >= 11 is 0. The van der Waals surface area contributed by atoms with Crippen LogP contribution >= 0.6 is 0 Å². The lowest BCUT2D eigenvalue weighted by Gasteiger charge is -2.39. The Bertz CT molecular complexity index is 535. The fourth-order valence-corrected chi connectivity index (χ4v) is 2.47. The summed E-state index contributed by atoms with van der Waals surface area (Å²) in [6.45, 7) is 0.251. The maximum atomic E-state index is 14.1. The lowest BCUT2D eigenvalue weighted by molar-refractivity contribution is -0.109. The molecule has 8 heteroatoms. The summed E-state index contributed by atoms with van der Waals surface area (Å²) in [5, 5.41) is 18.9. The van der Waals surface area contributed by atoms with Crippen molar-refractivity contribution in [2.75, 3.05) is 27.3 Å². The van der Waals surface area contributed by atoms with E-state index in [1.165, 1.54) is 14.2 Å². The molecular formula is C14H17F2NO5. The quantitative estimate of drug-likeness (QED) is 0.811. The van der Waals surface area contributed by atoms with Crippen molar-refractivity contribution in [2.45, 2.75) is 12.4 Å². The fourth-order valence-electron chi connectivity index (χ4n) is 2.47. The van der Waals surface area contributed by atoms with Gasteiger partial charge in [0.05, 0.1) is 11.7 Å². The van der Waals surface area contributed by atoms with Crippen molar-refractivity contribution in [3.8, 4) is 0 Å². The van der Waals surface area contributed by atoms with E-state index in [4.69, 9.17) is 14.6 Å². The molecule has 1 saturated heterocycles. The highest BCUT2D eigenvalue weighted by Gasteiger charge is 2.36. The van der Waals surface area contributed by atoms with E-state index in [0.717, 1.165) is 17.0 Å². The number of aliphatic hydroxyl groups is 1. The molecule has 22 heavy (non-hydrogen) atoms. The number of carboxylic acid groups (broad SMARTS) is 1. The minimum absolute atomic E-state index is 0.0553. The topological polar surface area (TPSA) is 79.2 Å². The third kappa shape index (κ3) is 3.03. The van der Waals surface area contributed by atoms with Gasteiger partial charge in [-0.2, -0.15) is 0 Å². The first kappa shape index (κ1) is 16.6. The van der Waals surface area contributed by atoms with Crippen LogP contribution in [0.5, 0.6) is 0 Å². The van der Waals surface area contributed by atoms with Crippen LogP contribution in [0.25, 0.3) is 0 Å². The predicted molar refractivity (Wildman–Crippen MR) is 71.2 cm³/mol. The van der Waals surface area contributed by atoms with E-state index in [-0.39, 0.29) is 30.1 Å². The third-order valence-corrected chi connectivity index (χ3v) is 3.73. The summed E-state index contributed by atoms with van der Waals surface area (Å²) < 4.78 is 37.8. The average molecular weight is 317 g/mol. The fraction of sp³-hybridized carbons (Fsp3) is 0.500. The van der Waals surface area contributed by atoms with Gasteiger partial charge < -0.3 is 24.6 Å². The van der Waals surface area contributed by atoms with Gasteiger partial charge in [0.25, 0.3) is 0 Å². The van der Waals surface area contributed by atoms with Crippen molar-refractivity contribution in [1.29, 1.82) is 0 Å². The molecule has 1 aliphatic heterocycles. The molecule has 1 amide bonds. The summed E-state index contributed by atoms with van der Waals surface area (Å²) in [6, 6.07) is 2.02. The average Bonchev–Trinajstić information content (AvgIpc) is 2.40. The van der Waals surface area contributed by atoms with Gasteiger partial charge in [-0.25, -0.2) is 13.6 Å². The highest BCUT2D eigenvalue weighted by molar-refractivity contribution is 5.66. The maximum Gasteiger partial charge on any atom is 0.407 e. The number of methoxy groups -OCH3 is 2. The summed E-state index contributed by atoms with van der Waals surface area (Å²) in [4.78, 5) is 11.8. The molecule has 0 saturated carbocycles. The molecule has 6 nitrogen and oxygen atoms in total. The molecule has 1 heterocycles. The minimum atomic E-state index is -1.18. The Morgan fingerprint density at radius 2 is 1.77 bits per heavy atom. The van der Waals surface area contributed by atoms with E-state index in [2.05, 4.69) is 0 Å². The second kappa shape index (κ2) is 6.55. The van der Waals surface area contributed by atoms with Crippen LogP contribution in [0.2, 0.25) is 0 Å². The Kier molecular flexibility index (Phi) is 4.94. The molecular weight excluding hydrogens is 300 g/mol. The van der Waals surface area contributed by atoms with Gasteiger partial charge in [-0.3, -0.25) is 0 Å². The number of benzene rings is 1. The summed E-state index contributed by atoms with van der Waals surface area (Å²) in [5.41, 5.74) is -0.318. The van der Waals surface area contributed by atoms with Crippen molar-refractivity contribution < 1.29 is 33.3 Å². The Morgan fingerprint density at radius 1 is 1.27 bits per heavy atom. The molecule has 1 fully saturated rings. The Balaban J connectivity index is 2.18. The number of nitrogens with zero attached hydrogens (tertiary/aromatic N) is 1. The van der Waals surface area contributed by atoms with Gasteiger partial charge in [0.2, 0.25) is 0 Å². The molecule has 0 spiro atoms. The second-order valence-electron chi connectivity index (χ2n) is 5.09. The van der Waals surface area contributed by atoms with Gasteiger partial charge in [0.1, 0.15) is 11.6 Å². The van der Waals surface area contributed by atoms with Gasteiger partial charge >= 0.3 is 6.09 Å². The Morgan fingerprint density at radius 3 is 2.18 bits per heavy atom. The third-order valence-electron chi connectivity index (χ3n) is 3.73. The van der Waals surface area contributed by atoms with E-state index < -0.39 is 30.1 Å². The molecule has 0 bridgehead atoms. The van der Waals surface area contributed by atoms with Crippen molar-refractivity contribution >= 4 is 6.09 Å². The van der Waals surface area contributed by atoms with Crippen LogP contribution in [-0.2, 0) is 9.47 Å². The number of likely N-dealkylation sites (tertiary alicyclic amines) is 1. The summed E-state index contributed by atoms with van der Waals surface area (Å²) in [7, 11) is 2.51. The van der Waals surface area contributed by atoms with Crippen molar-refractivity contribution in [1.82, 2.24) is 4.90 Å². The first-order valence-electron chi connectivity index (χ1n) is 6.59. The molecule has 0 aliphatic carbocycles. The van der Waals surface area contributed by atoms with Crippen LogP contribution in [0, 0.1) is 17.6 Å². The van der Waals surface area contributed by atoms with Gasteiger partial charge in [-0.05, 0) is 17.7 Å². The molecule has 1 unspecified atom stereocenters. The predicted octanol–water partition coefficient (Wildman–Crippen LogP) is 1.90. The number of hydrogen-bond acceptors (Lipinski definition) is 4. The number of aliphatic hydroxyl groups excluding tert-OH is 1. The molecule has 2 N–H and O–H groups in total. The second-order valence-corrected chi connectivity index (χ2v) is 5.09. The van der Waals surface area contributed by atoms with Crippen molar-refractivity contribution in [3.63, 3.8) is 0 Å². The molecule has 2 rings (SSSR count). The first-order chi connectivity index (χ1) is 10.4. The number of amides is 1. The van der Waals surface area contributed by atoms with E-state index in [1.807, 2.05) is 0 Å². The summed E-state index contributed by atoms with van der Waals surface area (Å²) in [6.07, 6.45) is -3.41. The zero-order valence-corrected chi connectivity index (χ0v) is 12.1. The smallest absolute Gasteiger partial charge is 0.407 e. The largest absolute Gasteiger partial charge is 0.465 e. The normalized spacial score (nSPS) is 16.7. The number of ether oxygens (including phenoxy) is 2. The minimum Gasteiger partial charge on any atom is -0.465 e. The molecule has 0 aromatic heterocycles. The molecule has 0 radical (unpaired) electrons. The van der Waals surface area contributed by atoms with Gasteiger partial charge in [0.15, 0.2) is 6.29 Å². The van der Waals surface area contributed by atoms with Crippen LogP contribution in [-0.4, -0.2) is 48.5 Å². The molecule has 122 valence electrons. The van der Waals surface area contributed by atoms with Crippen molar-refractivity contribution in [2.24, 2.45) is 5.92 Å². The number of carbonyl (C=O) groups is 1. The van der Waals surface area contributed by atoms with Crippen LogP contribution in [0.4, 0.5) is 13.6 Å². The standard InChI is InChI=1S/C14H17F2NO5/c1-21-13(22-2)11-9(15)3-7(4-10(11)16)12(18)8-5-17(6-8)14(19)20/h3-4,8,12-13,18H,5-6H2,1-2H3,(H,19,20). The van der Waals surface area contributed by atoms with Crippen LogP contribution in [0.1, 0.15) is 23.5 Å². The van der Waals surface area contributed by atoms with Crippen LogP contribution < -0.4 is 0 Å². The molecule has 1 aliphatic rings. The van der Waals surface area contributed by atoms with Gasteiger partial charge in [-0.1, -0.05) is 0 Å². The number of halogens is 2. The van der Waals surface area contributed by atoms with Crippen LogP contribution in [0.3, 0.4) is 0 Å². The van der Waals surface area contributed by atoms with E-state index in [1.54, 1.807) is 0 Å².